The standard InChI is InChI=1S/C16H16N4OS/c21-16(11-20-8-3-7-18-20)19-15(10-13-5-9-22-12-13)14-4-1-2-6-17-14/h1-9,12,15H,10-11H2,(H,19,21). The van der Waals surface area contributed by atoms with Gasteiger partial charge in [0.15, 0.2) is 0 Å². The number of pyridine rings is 1. The summed E-state index contributed by atoms with van der Waals surface area (Å²) in [6.07, 6.45) is 5.91. The second-order valence-corrected chi connectivity index (χ2v) is 5.69. The Balaban J connectivity index is 1.72. The van der Waals surface area contributed by atoms with E-state index >= 15 is 0 Å². The molecule has 22 heavy (non-hydrogen) atoms. The fraction of sp³-hybridized carbons (Fsp3) is 0.188. The quantitative estimate of drug-likeness (QED) is 0.760. The van der Waals surface area contributed by atoms with E-state index in [1.807, 2.05) is 23.6 Å². The molecule has 1 amide bonds. The molecular formula is C16H16N4OS. The molecular weight excluding hydrogens is 296 g/mol. The summed E-state index contributed by atoms with van der Waals surface area (Å²) in [6.45, 7) is 0.208. The zero-order valence-electron chi connectivity index (χ0n) is 11.9. The maximum absolute atomic E-state index is 12.2. The zero-order valence-corrected chi connectivity index (χ0v) is 12.7. The molecule has 3 aromatic rings. The van der Waals surface area contributed by atoms with E-state index in [1.165, 1.54) is 5.56 Å². The topological polar surface area (TPSA) is 59.8 Å². The van der Waals surface area contributed by atoms with Crippen LogP contribution < -0.4 is 5.32 Å². The van der Waals surface area contributed by atoms with Crippen molar-refractivity contribution in [3.05, 3.63) is 70.9 Å². The molecule has 1 atom stereocenters. The molecule has 0 bridgehead atoms. The van der Waals surface area contributed by atoms with Gasteiger partial charge in [0.1, 0.15) is 6.54 Å². The molecule has 0 aliphatic heterocycles. The number of amides is 1. The lowest BCUT2D eigenvalue weighted by Crippen LogP contribution is -2.33. The molecule has 0 aliphatic rings. The Morgan fingerprint density at radius 2 is 2.23 bits per heavy atom. The summed E-state index contributed by atoms with van der Waals surface area (Å²) < 4.78 is 1.61. The lowest BCUT2D eigenvalue weighted by atomic mass is 10.1. The number of aromatic nitrogens is 3. The fourth-order valence-electron chi connectivity index (χ4n) is 2.24. The monoisotopic (exact) mass is 312 g/mol. The van der Waals surface area contributed by atoms with Crippen molar-refractivity contribution >= 4 is 17.2 Å². The first-order valence-corrected chi connectivity index (χ1v) is 7.94. The van der Waals surface area contributed by atoms with Crippen molar-refractivity contribution in [2.24, 2.45) is 0 Å². The van der Waals surface area contributed by atoms with Crippen LogP contribution in [0, 0.1) is 0 Å². The third-order valence-corrected chi connectivity index (χ3v) is 4.00. The van der Waals surface area contributed by atoms with Crippen LogP contribution >= 0.6 is 11.3 Å². The number of carbonyl (C=O) groups is 1. The van der Waals surface area contributed by atoms with E-state index in [9.17, 15) is 4.79 Å². The number of hydrogen-bond acceptors (Lipinski definition) is 4. The van der Waals surface area contributed by atoms with Gasteiger partial charge in [-0.15, -0.1) is 0 Å². The molecule has 0 fully saturated rings. The van der Waals surface area contributed by atoms with Gasteiger partial charge >= 0.3 is 0 Å². The molecule has 3 aromatic heterocycles. The number of nitrogens with zero attached hydrogens (tertiary/aromatic N) is 3. The second kappa shape index (κ2) is 7.00. The van der Waals surface area contributed by atoms with E-state index in [2.05, 4.69) is 26.8 Å². The van der Waals surface area contributed by atoms with Gasteiger partial charge < -0.3 is 5.32 Å². The molecule has 3 heterocycles. The summed E-state index contributed by atoms with van der Waals surface area (Å²) in [6, 6.07) is 9.47. The maximum Gasteiger partial charge on any atom is 0.242 e. The average Bonchev–Trinajstić information content (AvgIpc) is 3.21. The fourth-order valence-corrected chi connectivity index (χ4v) is 2.92. The normalized spacial score (nSPS) is 12.0. The molecule has 1 unspecified atom stereocenters. The van der Waals surface area contributed by atoms with E-state index in [0.717, 1.165) is 12.1 Å². The van der Waals surface area contributed by atoms with Crippen LogP contribution in [0.5, 0.6) is 0 Å². The third kappa shape index (κ3) is 3.79. The minimum absolute atomic E-state index is 0.0745. The lowest BCUT2D eigenvalue weighted by Gasteiger charge is -2.18. The van der Waals surface area contributed by atoms with Crippen LogP contribution in [-0.2, 0) is 17.8 Å². The molecule has 0 aliphatic carbocycles. The molecule has 0 saturated heterocycles. The number of nitrogens with one attached hydrogen (secondary N) is 1. The summed E-state index contributed by atoms with van der Waals surface area (Å²) in [5.41, 5.74) is 2.06. The van der Waals surface area contributed by atoms with Crippen LogP contribution in [0.1, 0.15) is 17.3 Å². The summed E-state index contributed by atoms with van der Waals surface area (Å²) in [4.78, 5) is 16.6. The summed E-state index contributed by atoms with van der Waals surface area (Å²) >= 11 is 1.65. The van der Waals surface area contributed by atoms with Crippen LogP contribution in [0.25, 0.3) is 0 Å². The van der Waals surface area contributed by atoms with Gasteiger partial charge in [-0.25, -0.2) is 0 Å². The minimum Gasteiger partial charge on any atom is -0.346 e. The summed E-state index contributed by atoms with van der Waals surface area (Å²) in [5.74, 6) is -0.0745. The van der Waals surface area contributed by atoms with Crippen molar-refractivity contribution in [3.63, 3.8) is 0 Å². The molecule has 5 nitrogen and oxygen atoms in total. The van der Waals surface area contributed by atoms with E-state index in [4.69, 9.17) is 0 Å². The third-order valence-electron chi connectivity index (χ3n) is 3.26. The van der Waals surface area contributed by atoms with Crippen molar-refractivity contribution in [2.45, 2.75) is 19.0 Å². The average molecular weight is 312 g/mol. The summed E-state index contributed by atoms with van der Waals surface area (Å²) in [5, 5.41) is 11.2. The Labute approximate surface area is 132 Å². The van der Waals surface area contributed by atoms with E-state index in [-0.39, 0.29) is 18.5 Å². The smallest absolute Gasteiger partial charge is 0.242 e. The molecule has 112 valence electrons. The molecule has 6 heteroatoms. The molecule has 0 radical (unpaired) electrons. The van der Waals surface area contributed by atoms with E-state index < -0.39 is 0 Å². The first kappa shape index (κ1) is 14.5. The number of hydrogen-bond donors (Lipinski definition) is 1. The lowest BCUT2D eigenvalue weighted by molar-refractivity contribution is -0.122. The van der Waals surface area contributed by atoms with Crippen LogP contribution in [0.2, 0.25) is 0 Å². The first-order valence-electron chi connectivity index (χ1n) is 7.00. The van der Waals surface area contributed by atoms with Gasteiger partial charge in [0.05, 0.1) is 11.7 Å². The molecule has 0 saturated carbocycles. The SMILES string of the molecule is O=C(Cn1cccn1)NC(Cc1ccsc1)c1ccccn1. The van der Waals surface area contributed by atoms with Crippen LogP contribution in [0.3, 0.4) is 0 Å². The number of carbonyl (C=O) groups excluding carboxylic acids is 1. The first-order chi connectivity index (χ1) is 10.8. The molecule has 0 aromatic carbocycles. The maximum atomic E-state index is 12.2. The Bertz CT molecular complexity index is 695. The predicted octanol–water partition coefficient (Wildman–Crippen LogP) is 2.44. The van der Waals surface area contributed by atoms with Crippen molar-refractivity contribution in [3.8, 4) is 0 Å². The number of rotatable bonds is 6. The minimum atomic E-state index is -0.140. The Kier molecular flexibility index (Phi) is 4.60. The van der Waals surface area contributed by atoms with Crippen molar-refractivity contribution in [2.75, 3.05) is 0 Å². The zero-order chi connectivity index (χ0) is 15.2. The van der Waals surface area contributed by atoms with Gasteiger partial charge in [0.2, 0.25) is 5.91 Å². The second-order valence-electron chi connectivity index (χ2n) is 4.91. The van der Waals surface area contributed by atoms with Gasteiger partial charge in [-0.2, -0.15) is 16.4 Å². The van der Waals surface area contributed by atoms with Gasteiger partial charge in [-0.05, 0) is 47.0 Å². The van der Waals surface area contributed by atoms with Crippen LogP contribution in [0.4, 0.5) is 0 Å². The van der Waals surface area contributed by atoms with Crippen molar-refractivity contribution in [1.82, 2.24) is 20.1 Å². The summed E-state index contributed by atoms with van der Waals surface area (Å²) in [7, 11) is 0. The van der Waals surface area contributed by atoms with Gasteiger partial charge in [-0.1, -0.05) is 6.07 Å². The molecule has 0 spiro atoms. The van der Waals surface area contributed by atoms with Gasteiger partial charge in [0, 0.05) is 18.6 Å². The largest absolute Gasteiger partial charge is 0.346 e. The molecule has 3 rings (SSSR count). The highest BCUT2D eigenvalue weighted by atomic mass is 32.1. The van der Waals surface area contributed by atoms with E-state index in [1.54, 1.807) is 40.7 Å². The van der Waals surface area contributed by atoms with Gasteiger partial charge in [-0.3, -0.25) is 14.5 Å². The van der Waals surface area contributed by atoms with Crippen LogP contribution in [-0.4, -0.2) is 20.7 Å². The highest BCUT2D eigenvalue weighted by Crippen LogP contribution is 2.18. The highest BCUT2D eigenvalue weighted by Gasteiger charge is 2.17. The number of thiophene rings is 1. The van der Waals surface area contributed by atoms with Crippen molar-refractivity contribution < 1.29 is 4.79 Å². The Morgan fingerprint density at radius 1 is 1.27 bits per heavy atom. The van der Waals surface area contributed by atoms with Crippen LogP contribution in [0.15, 0.2) is 59.7 Å². The predicted molar refractivity (Wildman–Crippen MR) is 85.4 cm³/mol. The molecule has 1 N–H and O–H groups in total. The van der Waals surface area contributed by atoms with Crippen molar-refractivity contribution in [1.29, 1.82) is 0 Å². The van der Waals surface area contributed by atoms with E-state index in [0.29, 0.717) is 0 Å². The van der Waals surface area contributed by atoms with Gasteiger partial charge in [0.25, 0.3) is 0 Å². The Hall–Kier alpha value is -2.47. The Morgan fingerprint density at radius 3 is 2.91 bits per heavy atom. The highest BCUT2D eigenvalue weighted by molar-refractivity contribution is 7.07.